The van der Waals surface area contributed by atoms with Gasteiger partial charge in [-0.1, -0.05) is 6.07 Å². The Kier molecular flexibility index (Phi) is 4.13. The molecule has 0 unspecified atom stereocenters. The van der Waals surface area contributed by atoms with E-state index in [-0.39, 0.29) is 6.10 Å². The summed E-state index contributed by atoms with van der Waals surface area (Å²) in [5.74, 6) is 1.63. The zero-order valence-corrected chi connectivity index (χ0v) is 12.3. The molecule has 4 heteroatoms. The Bertz CT molecular complexity index is 609. The SMILES string of the molecule is Cc1ccc(Oc2ccc(N)c(OC(C)C)n2)cc1C. The second-order valence-electron chi connectivity index (χ2n) is 5.06. The Morgan fingerprint density at radius 2 is 1.80 bits per heavy atom. The van der Waals surface area contributed by atoms with Crippen LogP contribution in [0.25, 0.3) is 0 Å². The zero-order chi connectivity index (χ0) is 14.7. The fourth-order valence-electron chi connectivity index (χ4n) is 1.71. The van der Waals surface area contributed by atoms with Crippen LogP contribution in [-0.2, 0) is 0 Å². The number of nitrogen functional groups attached to an aromatic ring is 1. The van der Waals surface area contributed by atoms with Crippen LogP contribution in [0.1, 0.15) is 25.0 Å². The summed E-state index contributed by atoms with van der Waals surface area (Å²) in [7, 11) is 0. The molecule has 106 valence electrons. The molecule has 0 aliphatic heterocycles. The van der Waals surface area contributed by atoms with E-state index in [1.807, 2.05) is 39.0 Å². The summed E-state index contributed by atoms with van der Waals surface area (Å²) in [4.78, 5) is 4.29. The maximum Gasteiger partial charge on any atom is 0.240 e. The van der Waals surface area contributed by atoms with E-state index in [0.29, 0.717) is 17.4 Å². The van der Waals surface area contributed by atoms with E-state index in [1.54, 1.807) is 12.1 Å². The molecule has 0 saturated carbocycles. The van der Waals surface area contributed by atoms with Crippen molar-refractivity contribution < 1.29 is 9.47 Å². The summed E-state index contributed by atoms with van der Waals surface area (Å²) in [6, 6.07) is 9.39. The van der Waals surface area contributed by atoms with Crippen molar-refractivity contribution in [1.82, 2.24) is 4.98 Å². The van der Waals surface area contributed by atoms with E-state index in [9.17, 15) is 0 Å². The first-order chi connectivity index (χ1) is 9.45. The van der Waals surface area contributed by atoms with Crippen molar-refractivity contribution in [3.8, 4) is 17.5 Å². The van der Waals surface area contributed by atoms with E-state index in [2.05, 4.69) is 11.9 Å². The molecule has 0 amide bonds. The Morgan fingerprint density at radius 3 is 2.45 bits per heavy atom. The van der Waals surface area contributed by atoms with Crippen LogP contribution in [0, 0.1) is 13.8 Å². The second-order valence-corrected chi connectivity index (χ2v) is 5.06. The predicted molar refractivity (Wildman–Crippen MR) is 80.4 cm³/mol. The average Bonchev–Trinajstić information content (AvgIpc) is 2.37. The Morgan fingerprint density at radius 1 is 1.05 bits per heavy atom. The molecule has 0 saturated heterocycles. The largest absolute Gasteiger partial charge is 0.473 e. The van der Waals surface area contributed by atoms with E-state index >= 15 is 0 Å². The van der Waals surface area contributed by atoms with Gasteiger partial charge in [0.25, 0.3) is 0 Å². The summed E-state index contributed by atoms with van der Waals surface area (Å²) < 4.78 is 11.3. The van der Waals surface area contributed by atoms with Crippen molar-refractivity contribution in [2.75, 3.05) is 5.73 Å². The molecule has 2 aromatic rings. The van der Waals surface area contributed by atoms with E-state index in [0.717, 1.165) is 5.75 Å². The monoisotopic (exact) mass is 272 g/mol. The van der Waals surface area contributed by atoms with Gasteiger partial charge in [0.05, 0.1) is 11.8 Å². The molecule has 0 aliphatic carbocycles. The minimum atomic E-state index is 0.0154. The van der Waals surface area contributed by atoms with Crippen molar-refractivity contribution in [2.45, 2.75) is 33.8 Å². The van der Waals surface area contributed by atoms with Crippen molar-refractivity contribution >= 4 is 5.69 Å². The van der Waals surface area contributed by atoms with Crippen LogP contribution in [0.3, 0.4) is 0 Å². The lowest BCUT2D eigenvalue weighted by molar-refractivity contribution is 0.232. The molecular formula is C16H20N2O2. The van der Waals surface area contributed by atoms with Crippen LogP contribution < -0.4 is 15.2 Å². The molecule has 0 atom stereocenters. The molecule has 20 heavy (non-hydrogen) atoms. The van der Waals surface area contributed by atoms with Crippen molar-refractivity contribution in [2.24, 2.45) is 0 Å². The maximum atomic E-state index is 5.83. The van der Waals surface area contributed by atoms with Crippen molar-refractivity contribution in [3.63, 3.8) is 0 Å². The van der Waals surface area contributed by atoms with Gasteiger partial charge in [-0.05, 0) is 57.0 Å². The molecule has 0 aliphatic rings. The first-order valence-electron chi connectivity index (χ1n) is 6.64. The highest BCUT2D eigenvalue weighted by Gasteiger charge is 2.08. The minimum Gasteiger partial charge on any atom is -0.473 e. The van der Waals surface area contributed by atoms with Gasteiger partial charge in [-0.25, -0.2) is 0 Å². The lowest BCUT2D eigenvalue weighted by Gasteiger charge is -2.13. The number of hydrogen-bond donors (Lipinski definition) is 1. The Balaban J connectivity index is 2.22. The molecular weight excluding hydrogens is 252 g/mol. The average molecular weight is 272 g/mol. The van der Waals surface area contributed by atoms with E-state index < -0.39 is 0 Å². The molecule has 1 aromatic carbocycles. The molecule has 1 heterocycles. The van der Waals surface area contributed by atoms with E-state index in [4.69, 9.17) is 15.2 Å². The van der Waals surface area contributed by atoms with Gasteiger partial charge in [0, 0.05) is 6.07 Å². The number of anilines is 1. The normalized spacial score (nSPS) is 10.7. The van der Waals surface area contributed by atoms with Gasteiger partial charge in [-0.2, -0.15) is 4.98 Å². The first kappa shape index (κ1) is 14.2. The van der Waals surface area contributed by atoms with Crippen molar-refractivity contribution in [1.29, 1.82) is 0 Å². The highest BCUT2D eigenvalue weighted by atomic mass is 16.5. The van der Waals surface area contributed by atoms with E-state index in [1.165, 1.54) is 11.1 Å². The van der Waals surface area contributed by atoms with Gasteiger partial charge in [-0.3, -0.25) is 0 Å². The predicted octanol–water partition coefficient (Wildman–Crippen LogP) is 3.86. The summed E-state index contributed by atoms with van der Waals surface area (Å²) in [5.41, 5.74) is 8.74. The molecule has 4 nitrogen and oxygen atoms in total. The molecule has 0 radical (unpaired) electrons. The highest BCUT2D eigenvalue weighted by molar-refractivity contribution is 5.50. The number of aromatic nitrogens is 1. The van der Waals surface area contributed by atoms with Crippen LogP contribution in [0.4, 0.5) is 5.69 Å². The Hall–Kier alpha value is -2.23. The second kappa shape index (κ2) is 5.82. The quantitative estimate of drug-likeness (QED) is 0.918. The molecule has 1 aromatic heterocycles. The zero-order valence-electron chi connectivity index (χ0n) is 12.3. The first-order valence-corrected chi connectivity index (χ1v) is 6.64. The lowest BCUT2D eigenvalue weighted by atomic mass is 10.1. The third-order valence-corrected chi connectivity index (χ3v) is 2.91. The summed E-state index contributed by atoms with van der Waals surface area (Å²) >= 11 is 0. The number of aryl methyl sites for hydroxylation is 2. The van der Waals surface area contributed by atoms with Crippen LogP contribution in [0.2, 0.25) is 0 Å². The van der Waals surface area contributed by atoms with Crippen LogP contribution in [0.5, 0.6) is 17.5 Å². The van der Waals surface area contributed by atoms with Gasteiger partial charge in [-0.15, -0.1) is 0 Å². The maximum absolute atomic E-state index is 5.83. The summed E-state index contributed by atoms with van der Waals surface area (Å²) in [5, 5.41) is 0. The lowest BCUT2D eigenvalue weighted by Crippen LogP contribution is -2.09. The Labute approximate surface area is 119 Å². The van der Waals surface area contributed by atoms with Gasteiger partial charge in [0.15, 0.2) is 0 Å². The number of hydrogen-bond acceptors (Lipinski definition) is 4. The number of nitrogens with zero attached hydrogens (tertiary/aromatic N) is 1. The number of ether oxygens (including phenoxy) is 2. The topological polar surface area (TPSA) is 57.4 Å². The smallest absolute Gasteiger partial charge is 0.240 e. The van der Waals surface area contributed by atoms with Gasteiger partial charge in [0.2, 0.25) is 11.8 Å². The van der Waals surface area contributed by atoms with Crippen LogP contribution >= 0.6 is 0 Å². The third-order valence-electron chi connectivity index (χ3n) is 2.91. The molecule has 0 spiro atoms. The van der Waals surface area contributed by atoms with Gasteiger partial charge >= 0.3 is 0 Å². The van der Waals surface area contributed by atoms with Crippen LogP contribution in [-0.4, -0.2) is 11.1 Å². The summed E-state index contributed by atoms with van der Waals surface area (Å²) in [6.45, 7) is 7.97. The number of benzene rings is 1. The fourth-order valence-corrected chi connectivity index (χ4v) is 1.71. The third kappa shape index (κ3) is 3.41. The standard InChI is InChI=1S/C16H20N2O2/c1-10(2)19-16-14(17)7-8-15(18-16)20-13-6-5-11(3)12(4)9-13/h5-10H,17H2,1-4H3. The number of rotatable bonds is 4. The molecule has 0 fully saturated rings. The molecule has 2 N–H and O–H groups in total. The van der Waals surface area contributed by atoms with Gasteiger partial charge < -0.3 is 15.2 Å². The van der Waals surface area contributed by atoms with Crippen LogP contribution in [0.15, 0.2) is 30.3 Å². The number of nitrogens with two attached hydrogens (primary N) is 1. The fraction of sp³-hybridized carbons (Fsp3) is 0.312. The minimum absolute atomic E-state index is 0.0154. The van der Waals surface area contributed by atoms with Gasteiger partial charge in [0.1, 0.15) is 5.75 Å². The number of pyridine rings is 1. The highest BCUT2D eigenvalue weighted by Crippen LogP contribution is 2.27. The molecule has 0 bridgehead atoms. The summed E-state index contributed by atoms with van der Waals surface area (Å²) in [6.07, 6.45) is 0.0154. The molecule has 2 rings (SSSR count). The van der Waals surface area contributed by atoms with Crippen molar-refractivity contribution in [3.05, 3.63) is 41.5 Å².